The van der Waals surface area contributed by atoms with Crippen molar-refractivity contribution >= 4 is 28.8 Å². The zero-order chi connectivity index (χ0) is 26.1. The maximum Gasteiger partial charge on any atom is 0.250 e. The number of para-hydroxylation sites is 1. The van der Waals surface area contributed by atoms with Gasteiger partial charge in [-0.25, -0.2) is 4.68 Å². The highest BCUT2D eigenvalue weighted by Gasteiger charge is 2.75. The molecule has 1 aromatic heterocycles. The fourth-order valence-electron chi connectivity index (χ4n) is 6.50. The lowest BCUT2D eigenvalue weighted by Gasteiger charge is -2.39. The van der Waals surface area contributed by atoms with E-state index in [0.717, 1.165) is 5.52 Å². The lowest BCUT2D eigenvalue weighted by atomic mass is 9.74. The number of rotatable bonds is 4. The number of amides is 3. The molecule has 2 saturated heterocycles. The quantitative estimate of drug-likeness (QED) is 0.587. The molecule has 6 rings (SSSR count). The van der Waals surface area contributed by atoms with Gasteiger partial charge < -0.3 is 24.5 Å². The van der Waals surface area contributed by atoms with Crippen LogP contribution in [0.5, 0.6) is 0 Å². The summed E-state index contributed by atoms with van der Waals surface area (Å²) >= 11 is 0. The molecule has 37 heavy (non-hydrogen) atoms. The second kappa shape index (κ2) is 8.22. The van der Waals surface area contributed by atoms with E-state index in [4.69, 9.17) is 4.74 Å². The van der Waals surface area contributed by atoms with Gasteiger partial charge in [0.1, 0.15) is 23.8 Å². The average molecular weight is 507 g/mol. The number of hydrogen-bond acceptors (Lipinski definition) is 7. The summed E-state index contributed by atoms with van der Waals surface area (Å²) < 4.78 is 8.37. The second-order valence-corrected chi connectivity index (χ2v) is 10.6. The minimum atomic E-state index is -1.35. The molecule has 0 aliphatic carbocycles. The smallest absolute Gasteiger partial charge is 0.250 e. The van der Waals surface area contributed by atoms with Gasteiger partial charge in [-0.05, 0) is 26.0 Å². The molecular weight excluding hydrogens is 476 g/mol. The summed E-state index contributed by atoms with van der Waals surface area (Å²) in [5, 5.41) is 18.5. The number of nitrogens with zero attached hydrogens (tertiary/aromatic N) is 6. The van der Waals surface area contributed by atoms with E-state index in [0.29, 0.717) is 12.1 Å². The third-order valence-electron chi connectivity index (χ3n) is 8.24. The number of fused-ring (bicyclic) bond motifs is 3. The molecule has 3 amide bonds. The van der Waals surface area contributed by atoms with Crippen LogP contribution in [0.4, 0.5) is 0 Å². The average Bonchev–Trinajstić information content (AvgIpc) is 3.42. The van der Waals surface area contributed by atoms with E-state index >= 15 is 0 Å². The normalized spacial score (nSPS) is 34.0. The van der Waals surface area contributed by atoms with Crippen LogP contribution in [0.2, 0.25) is 0 Å². The van der Waals surface area contributed by atoms with Gasteiger partial charge in [0, 0.05) is 20.1 Å². The monoisotopic (exact) mass is 506 g/mol. The van der Waals surface area contributed by atoms with Crippen molar-refractivity contribution in [1.29, 1.82) is 0 Å². The molecule has 0 saturated carbocycles. The number of aliphatic hydroxyl groups excluding tert-OH is 1. The van der Waals surface area contributed by atoms with Crippen molar-refractivity contribution in [3.05, 3.63) is 48.6 Å². The number of likely N-dealkylation sites (N-methyl/N-ethyl adjacent to an activating group) is 1. The summed E-state index contributed by atoms with van der Waals surface area (Å²) in [4.78, 5) is 46.5. The maximum atomic E-state index is 14.3. The summed E-state index contributed by atoms with van der Waals surface area (Å²) in [6.45, 7) is 3.98. The molecule has 11 heteroatoms. The Hall–Kier alpha value is -3.57. The lowest BCUT2D eigenvalue weighted by molar-refractivity contribution is -0.156. The highest BCUT2D eigenvalue weighted by atomic mass is 16.5. The molecule has 4 aliphatic rings. The molecule has 1 aromatic carbocycles. The Morgan fingerprint density at radius 2 is 1.84 bits per heavy atom. The number of benzene rings is 1. The molecule has 0 radical (unpaired) electrons. The van der Waals surface area contributed by atoms with Crippen LogP contribution >= 0.6 is 0 Å². The Kier molecular flexibility index (Phi) is 5.29. The van der Waals surface area contributed by atoms with E-state index in [1.54, 1.807) is 34.5 Å². The number of hydrogen-bond donors (Lipinski definition) is 1. The van der Waals surface area contributed by atoms with Crippen molar-refractivity contribution in [3.63, 3.8) is 0 Å². The minimum absolute atomic E-state index is 0.124. The maximum absolute atomic E-state index is 14.3. The minimum Gasteiger partial charge on any atom is -0.394 e. The van der Waals surface area contributed by atoms with Crippen LogP contribution in [0.1, 0.15) is 13.8 Å². The van der Waals surface area contributed by atoms with Gasteiger partial charge in [0.05, 0.1) is 35.6 Å². The third kappa shape index (κ3) is 3.23. The number of carbonyl (C=O) groups excluding carboxylic acids is 3. The standard InChI is InChI=1S/C26H30N6O5/c1-16(14-33)32-21-24(36)30(15-31-18-9-5-4-8-17(18)27-28-31)13-7-11-26(21)20(23(32)35)19-22(34)29(3)12-6-10-25(19,2)37-26/h4-11,16,19-21,33H,12-15H2,1-3H3/t16-,19+,20+,21?,25-,26+/m1/s1. The number of aliphatic hydroxyl groups is 1. The molecule has 1 spiro atoms. The van der Waals surface area contributed by atoms with Gasteiger partial charge in [-0.2, -0.15) is 0 Å². The van der Waals surface area contributed by atoms with E-state index < -0.39 is 35.1 Å². The summed E-state index contributed by atoms with van der Waals surface area (Å²) in [6, 6.07) is 5.79. The van der Waals surface area contributed by atoms with Crippen molar-refractivity contribution < 1.29 is 24.2 Å². The van der Waals surface area contributed by atoms with E-state index in [2.05, 4.69) is 10.3 Å². The van der Waals surface area contributed by atoms with Crippen molar-refractivity contribution in [2.24, 2.45) is 11.8 Å². The molecule has 5 heterocycles. The molecule has 1 unspecified atom stereocenters. The summed E-state index contributed by atoms with van der Waals surface area (Å²) in [5.74, 6) is -2.59. The summed E-state index contributed by atoms with van der Waals surface area (Å²) in [7, 11) is 1.70. The van der Waals surface area contributed by atoms with Crippen molar-refractivity contribution in [2.45, 2.75) is 43.8 Å². The van der Waals surface area contributed by atoms with Gasteiger partial charge in [-0.3, -0.25) is 14.4 Å². The Bertz CT molecular complexity index is 1350. The van der Waals surface area contributed by atoms with Crippen LogP contribution in [-0.2, 0) is 25.8 Å². The van der Waals surface area contributed by atoms with Gasteiger partial charge >= 0.3 is 0 Å². The van der Waals surface area contributed by atoms with Crippen LogP contribution in [0.15, 0.2) is 48.6 Å². The molecule has 2 aromatic rings. The zero-order valence-electron chi connectivity index (χ0n) is 21.0. The largest absolute Gasteiger partial charge is 0.394 e. The molecular formula is C26H30N6O5. The van der Waals surface area contributed by atoms with Crippen molar-refractivity contribution in [1.82, 2.24) is 29.7 Å². The van der Waals surface area contributed by atoms with E-state index in [1.165, 1.54) is 4.90 Å². The Balaban J connectivity index is 1.45. The van der Waals surface area contributed by atoms with Crippen LogP contribution in [0.25, 0.3) is 11.0 Å². The first-order chi connectivity index (χ1) is 17.7. The molecule has 194 valence electrons. The first-order valence-electron chi connectivity index (χ1n) is 12.5. The van der Waals surface area contributed by atoms with Crippen LogP contribution in [0.3, 0.4) is 0 Å². The molecule has 6 atom stereocenters. The SMILES string of the molecule is C[C@H](CO)N1C(=O)[C@@H]2[C@H]3C(=O)N(C)CC=C[C@@]3(C)O[C@@]23C=CCN(Cn2nnc4ccccc42)C(=O)C13. The topological polar surface area (TPSA) is 121 Å². The first kappa shape index (κ1) is 23.8. The Labute approximate surface area is 213 Å². The highest BCUT2D eigenvalue weighted by Crippen LogP contribution is 2.57. The molecule has 0 bridgehead atoms. The molecule has 1 N–H and O–H groups in total. The highest BCUT2D eigenvalue weighted by molar-refractivity contribution is 6.00. The van der Waals surface area contributed by atoms with Gasteiger partial charge in [-0.1, -0.05) is 41.7 Å². The van der Waals surface area contributed by atoms with Crippen LogP contribution in [-0.4, -0.2) is 103 Å². The Morgan fingerprint density at radius 1 is 1.08 bits per heavy atom. The van der Waals surface area contributed by atoms with Crippen LogP contribution < -0.4 is 0 Å². The first-order valence-corrected chi connectivity index (χ1v) is 12.5. The molecule has 2 fully saturated rings. The Morgan fingerprint density at radius 3 is 2.62 bits per heavy atom. The number of ether oxygens (including phenoxy) is 1. The van der Waals surface area contributed by atoms with E-state index in [9.17, 15) is 19.5 Å². The van der Waals surface area contributed by atoms with Gasteiger partial charge in [0.15, 0.2) is 0 Å². The fraction of sp³-hybridized carbons (Fsp3) is 0.500. The predicted octanol–water partition coefficient (Wildman–Crippen LogP) is 0.167. The summed E-state index contributed by atoms with van der Waals surface area (Å²) in [6.07, 6.45) is 7.34. The number of likely N-dealkylation sites (tertiary alicyclic amines) is 1. The van der Waals surface area contributed by atoms with Gasteiger partial charge in [0.25, 0.3) is 5.91 Å². The van der Waals surface area contributed by atoms with Gasteiger partial charge in [-0.15, -0.1) is 5.10 Å². The lowest BCUT2D eigenvalue weighted by Crippen LogP contribution is -2.58. The van der Waals surface area contributed by atoms with Crippen LogP contribution in [0, 0.1) is 11.8 Å². The zero-order valence-corrected chi connectivity index (χ0v) is 21.0. The molecule has 4 aliphatic heterocycles. The number of carbonyl (C=O) groups is 3. The van der Waals surface area contributed by atoms with Crippen molar-refractivity contribution in [3.8, 4) is 0 Å². The van der Waals surface area contributed by atoms with E-state index in [-0.39, 0.29) is 37.5 Å². The summed E-state index contributed by atoms with van der Waals surface area (Å²) in [5.41, 5.74) is -0.916. The third-order valence-corrected chi connectivity index (χ3v) is 8.24. The van der Waals surface area contributed by atoms with Gasteiger partial charge in [0.2, 0.25) is 11.8 Å². The fourth-order valence-corrected chi connectivity index (χ4v) is 6.50. The number of aromatic nitrogens is 3. The predicted molar refractivity (Wildman–Crippen MR) is 132 cm³/mol. The van der Waals surface area contributed by atoms with E-state index in [1.807, 2.05) is 49.4 Å². The molecule has 11 nitrogen and oxygen atoms in total. The second-order valence-electron chi connectivity index (χ2n) is 10.6. The van der Waals surface area contributed by atoms with Crippen molar-refractivity contribution in [2.75, 3.05) is 26.7 Å².